The van der Waals surface area contributed by atoms with Crippen molar-refractivity contribution in [2.24, 2.45) is 0 Å². The zero-order valence-corrected chi connectivity index (χ0v) is 9.96. The molecule has 80 valence electrons. The maximum Gasteiger partial charge on any atom is 0.0834 e. The molecule has 1 nitrogen and oxygen atoms in total. The van der Waals surface area contributed by atoms with E-state index in [9.17, 15) is 4.21 Å². The van der Waals surface area contributed by atoms with E-state index in [0.717, 1.165) is 21.2 Å². The van der Waals surface area contributed by atoms with Gasteiger partial charge in [0, 0.05) is 5.37 Å². The van der Waals surface area contributed by atoms with Crippen molar-refractivity contribution in [1.82, 2.24) is 0 Å². The predicted octanol–water partition coefficient (Wildman–Crippen LogP) is 3.47. The summed E-state index contributed by atoms with van der Waals surface area (Å²) in [6, 6.07) is 11.9. The summed E-state index contributed by atoms with van der Waals surface area (Å²) in [4.78, 5) is 0.718. The van der Waals surface area contributed by atoms with Crippen LogP contribution in [0.5, 0.6) is 0 Å². The molecule has 0 aromatic heterocycles. The summed E-state index contributed by atoms with van der Waals surface area (Å²) in [5, 5.41) is 3.77. The third-order valence-electron chi connectivity index (χ3n) is 2.71. The molecule has 1 atom stereocenters. The number of benzene rings is 2. The number of hydrogen-bond acceptors (Lipinski definition) is 1. The van der Waals surface area contributed by atoms with Gasteiger partial charge in [-0.05, 0) is 39.2 Å². The maximum absolute atomic E-state index is 12.1. The van der Waals surface area contributed by atoms with Gasteiger partial charge in [-0.25, -0.2) is 4.21 Å². The van der Waals surface area contributed by atoms with Crippen molar-refractivity contribution in [1.29, 1.82) is 0 Å². The van der Waals surface area contributed by atoms with E-state index >= 15 is 0 Å². The molecule has 16 heavy (non-hydrogen) atoms. The van der Waals surface area contributed by atoms with E-state index in [0.29, 0.717) is 0 Å². The van der Waals surface area contributed by atoms with Crippen LogP contribution in [0.3, 0.4) is 0 Å². The summed E-state index contributed by atoms with van der Waals surface area (Å²) in [6.45, 7) is 0. The molecular formula is C13H9ClOS. The van der Waals surface area contributed by atoms with Gasteiger partial charge < -0.3 is 0 Å². The topological polar surface area (TPSA) is 17.1 Å². The van der Waals surface area contributed by atoms with Gasteiger partial charge in [-0.1, -0.05) is 36.4 Å². The second kappa shape index (κ2) is 3.37. The van der Waals surface area contributed by atoms with Gasteiger partial charge >= 0.3 is 0 Å². The van der Waals surface area contributed by atoms with Crippen LogP contribution in [0.1, 0.15) is 5.56 Å². The Hall–Kier alpha value is -1.25. The lowest BCUT2D eigenvalue weighted by Crippen LogP contribution is -2.01. The summed E-state index contributed by atoms with van der Waals surface area (Å²) in [6.07, 6.45) is 3.69. The van der Waals surface area contributed by atoms with Gasteiger partial charge in [0.05, 0.1) is 13.6 Å². The molecule has 1 aliphatic heterocycles. The monoisotopic (exact) mass is 248 g/mol. The summed E-state index contributed by atoms with van der Waals surface area (Å²) in [5.41, 5.74) is 0.946. The molecular weight excluding hydrogens is 240 g/mol. The second-order valence-electron chi connectivity index (χ2n) is 3.76. The van der Waals surface area contributed by atoms with E-state index in [2.05, 4.69) is 0 Å². The van der Waals surface area contributed by atoms with E-state index < -0.39 is 8.74 Å². The van der Waals surface area contributed by atoms with Gasteiger partial charge in [0.1, 0.15) is 0 Å². The van der Waals surface area contributed by atoms with Crippen LogP contribution < -0.4 is 0 Å². The number of halogens is 1. The SMILES string of the molecule is O=S1(Cl)=CC=Cc2cc3ccccc3cc21. The average Bonchev–Trinajstić information content (AvgIpc) is 2.27. The Bertz CT molecular complexity index is 722. The number of rotatable bonds is 0. The van der Waals surface area contributed by atoms with Gasteiger partial charge in [0.15, 0.2) is 0 Å². The molecule has 3 rings (SSSR count). The zero-order chi connectivity index (χ0) is 11.2. The molecule has 2 aromatic rings. The van der Waals surface area contributed by atoms with Crippen LogP contribution in [0.2, 0.25) is 0 Å². The lowest BCUT2D eigenvalue weighted by molar-refractivity contribution is 0.689. The molecule has 0 aliphatic carbocycles. The lowest BCUT2D eigenvalue weighted by atomic mass is 10.1. The second-order valence-corrected chi connectivity index (χ2v) is 6.90. The number of fused-ring (bicyclic) bond motifs is 2. The van der Waals surface area contributed by atoms with Gasteiger partial charge in [-0.2, -0.15) is 0 Å². The molecule has 1 heterocycles. The number of hydrogen-bond donors (Lipinski definition) is 0. The Kier molecular flexibility index (Phi) is 2.09. The van der Waals surface area contributed by atoms with Crippen molar-refractivity contribution >= 4 is 41.6 Å². The highest BCUT2D eigenvalue weighted by atomic mass is 35.7. The highest BCUT2D eigenvalue weighted by Gasteiger charge is 2.14. The van der Waals surface area contributed by atoms with Crippen molar-refractivity contribution < 1.29 is 4.21 Å². The normalized spacial score (nSPS) is 22.8. The first-order chi connectivity index (χ1) is 7.67. The fourth-order valence-corrected chi connectivity index (χ4v) is 3.67. The minimum Gasteiger partial charge on any atom is -0.247 e. The fraction of sp³-hybridized carbons (Fsp3) is 0. The van der Waals surface area contributed by atoms with Gasteiger partial charge in [0.2, 0.25) is 0 Å². The van der Waals surface area contributed by atoms with Crippen LogP contribution in [0.4, 0.5) is 0 Å². The lowest BCUT2D eigenvalue weighted by Gasteiger charge is -2.12. The first-order valence-electron chi connectivity index (χ1n) is 4.95. The average molecular weight is 249 g/mol. The van der Waals surface area contributed by atoms with E-state index in [1.807, 2.05) is 42.5 Å². The molecule has 1 unspecified atom stereocenters. The van der Waals surface area contributed by atoms with Gasteiger partial charge in [0.25, 0.3) is 0 Å². The van der Waals surface area contributed by atoms with Crippen LogP contribution >= 0.6 is 10.7 Å². The van der Waals surface area contributed by atoms with E-state index in [1.54, 1.807) is 11.4 Å². The predicted molar refractivity (Wildman–Crippen MR) is 71.3 cm³/mol. The summed E-state index contributed by atoms with van der Waals surface area (Å²) < 4.78 is 12.1. The zero-order valence-electron chi connectivity index (χ0n) is 8.39. The standard InChI is InChI=1S/C13H9ClOS/c14-16(15)7-3-6-12-8-10-4-1-2-5-11(10)9-13(12)16/h1-9H. The summed E-state index contributed by atoms with van der Waals surface area (Å²) >= 11 is 0. The van der Waals surface area contributed by atoms with Crippen molar-refractivity contribution in [2.75, 3.05) is 0 Å². The van der Waals surface area contributed by atoms with E-state index in [-0.39, 0.29) is 0 Å². The minimum absolute atomic E-state index is 0.718. The largest absolute Gasteiger partial charge is 0.247 e. The highest BCUT2D eigenvalue weighted by molar-refractivity contribution is 8.22. The molecule has 0 fully saturated rings. The van der Waals surface area contributed by atoms with Crippen molar-refractivity contribution in [3.05, 3.63) is 48.0 Å². The van der Waals surface area contributed by atoms with E-state index in [1.165, 1.54) is 0 Å². The Morgan fingerprint density at radius 3 is 2.50 bits per heavy atom. The third-order valence-corrected chi connectivity index (χ3v) is 4.98. The van der Waals surface area contributed by atoms with Crippen molar-refractivity contribution in [3.8, 4) is 0 Å². The van der Waals surface area contributed by atoms with Crippen LogP contribution in [0.15, 0.2) is 47.4 Å². The smallest absolute Gasteiger partial charge is 0.0834 e. The molecule has 0 amide bonds. The Morgan fingerprint density at radius 1 is 1.06 bits per heavy atom. The fourth-order valence-electron chi connectivity index (χ4n) is 1.93. The van der Waals surface area contributed by atoms with Crippen LogP contribution in [-0.4, -0.2) is 9.58 Å². The summed E-state index contributed by atoms with van der Waals surface area (Å²) in [7, 11) is 3.50. The molecule has 0 saturated heterocycles. The Labute approximate surface area is 98.9 Å². The molecule has 0 bridgehead atoms. The molecule has 0 radical (unpaired) electrons. The van der Waals surface area contributed by atoms with Crippen LogP contribution in [-0.2, 0) is 8.74 Å². The quantitative estimate of drug-likeness (QED) is 0.515. The van der Waals surface area contributed by atoms with E-state index in [4.69, 9.17) is 10.7 Å². The molecule has 3 heteroatoms. The summed E-state index contributed by atoms with van der Waals surface area (Å²) in [5.74, 6) is 0. The highest BCUT2D eigenvalue weighted by Crippen LogP contribution is 2.29. The Morgan fingerprint density at radius 2 is 1.75 bits per heavy atom. The third kappa shape index (κ3) is 1.46. The maximum atomic E-state index is 12.1. The van der Waals surface area contributed by atoms with Gasteiger partial charge in [-0.3, -0.25) is 0 Å². The molecule has 0 N–H and O–H groups in total. The van der Waals surface area contributed by atoms with Gasteiger partial charge in [-0.15, -0.1) is 0 Å². The number of allylic oxidation sites excluding steroid dienone is 1. The molecule has 0 spiro atoms. The van der Waals surface area contributed by atoms with Crippen LogP contribution in [0, 0.1) is 0 Å². The van der Waals surface area contributed by atoms with Crippen LogP contribution in [0.25, 0.3) is 16.8 Å². The molecule has 1 aliphatic rings. The minimum atomic E-state index is -2.52. The molecule has 2 aromatic carbocycles. The molecule has 0 saturated carbocycles. The first kappa shape index (κ1) is 9.94. The first-order valence-corrected chi connectivity index (χ1v) is 7.40. The van der Waals surface area contributed by atoms with Crippen molar-refractivity contribution in [2.45, 2.75) is 4.90 Å². The van der Waals surface area contributed by atoms with Crippen molar-refractivity contribution in [3.63, 3.8) is 0 Å². The Balaban J connectivity index is 2.46.